The van der Waals surface area contributed by atoms with Crippen molar-refractivity contribution in [2.24, 2.45) is 0 Å². The molecular formula is C14H10ClN3O4S. The summed E-state index contributed by atoms with van der Waals surface area (Å²) in [5.41, 5.74) is -0.496. The van der Waals surface area contributed by atoms with Crippen LogP contribution in [0.15, 0.2) is 36.4 Å². The summed E-state index contributed by atoms with van der Waals surface area (Å²) in [4.78, 5) is 35.9. The highest BCUT2D eigenvalue weighted by molar-refractivity contribution is 7.80. The number of carbonyl (C=O) groups is 2. The largest absolute Gasteiger partial charge is 0.298 e. The molecule has 0 aliphatic carbocycles. The van der Waals surface area contributed by atoms with Crippen LogP contribution in [0, 0.1) is 10.1 Å². The first-order chi connectivity index (χ1) is 10.8. The van der Waals surface area contributed by atoms with E-state index in [4.69, 9.17) is 23.8 Å². The van der Waals surface area contributed by atoms with Gasteiger partial charge in [0.05, 0.1) is 10.5 Å². The van der Waals surface area contributed by atoms with Gasteiger partial charge in [0.25, 0.3) is 17.5 Å². The first kappa shape index (κ1) is 16.8. The van der Waals surface area contributed by atoms with Gasteiger partial charge in [0.15, 0.2) is 5.11 Å². The third kappa shape index (κ3) is 3.43. The van der Waals surface area contributed by atoms with E-state index in [-0.39, 0.29) is 33.5 Å². The fraction of sp³-hybridized carbons (Fsp3) is 0.0714. The summed E-state index contributed by atoms with van der Waals surface area (Å²) in [6, 6.07) is 3.85. The van der Waals surface area contributed by atoms with Gasteiger partial charge in [0.1, 0.15) is 5.57 Å². The third-order valence-electron chi connectivity index (χ3n) is 2.98. The van der Waals surface area contributed by atoms with E-state index in [1.165, 1.54) is 24.3 Å². The second-order valence-electron chi connectivity index (χ2n) is 4.48. The zero-order valence-corrected chi connectivity index (χ0v) is 13.2. The van der Waals surface area contributed by atoms with Gasteiger partial charge in [0, 0.05) is 17.6 Å². The number of nitrogens with one attached hydrogen (secondary N) is 1. The Morgan fingerprint density at radius 2 is 2.13 bits per heavy atom. The molecule has 23 heavy (non-hydrogen) atoms. The lowest BCUT2D eigenvalue weighted by Crippen LogP contribution is -2.53. The number of rotatable bonds is 4. The minimum Gasteiger partial charge on any atom is -0.298 e. The number of carbonyl (C=O) groups excluding carboxylic acids is 2. The predicted molar refractivity (Wildman–Crippen MR) is 88.7 cm³/mol. The van der Waals surface area contributed by atoms with E-state index in [1.54, 1.807) is 0 Å². The molecule has 7 nitrogen and oxygen atoms in total. The van der Waals surface area contributed by atoms with Crippen LogP contribution in [0.5, 0.6) is 0 Å². The lowest BCUT2D eigenvalue weighted by molar-refractivity contribution is -0.385. The van der Waals surface area contributed by atoms with Crippen LogP contribution in [0.1, 0.15) is 5.56 Å². The van der Waals surface area contributed by atoms with Gasteiger partial charge in [-0.05, 0) is 30.4 Å². The molecule has 1 aromatic rings. The molecule has 0 unspecified atom stereocenters. The van der Waals surface area contributed by atoms with Gasteiger partial charge >= 0.3 is 0 Å². The maximum Gasteiger partial charge on any atom is 0.276 e. The van der Waals surface area contributed by atoms with E-state index in [1.807, 2.05) is 0 Å². The van der Waals surface area contributed by atoms with Crippen LogP contribution in [-0.2, 0) is 9.59 Å². The fourth-order valence-corrected chi connectivity index (χ4v) is 2.38. The van der Waals surface area contributed by atoms with E-state index in [0.29, 0.717) is 0 Å². The minimum absolute atomic E-state index is 0.0438. The van der Waals surface area contributed by atoms with Crippen molar-refractivity contribution in [3.63, 3.8) is 0 Å². The summed E-state index contributed by atoms with van der Waals surface area (Å²) >= 11 is 10.8. The van der Waals surface area contributed by atoms with Gasteiger partial charge in [-0.1, -0.05) is 17.7 Å². The molecule has 0 atom stereocenters. The third-order valence-corrected chi connectivity index (χ3v) is 3.54. The number of nitro groups is 1. The molecule has 1 aliphatic rings. The second-order valence-corrected chi connectivity index (χ2v) is 5.31. The van der Waals surface area contributed by atoms with Crippen LogP contribution in [0.25, 0.3) is 6.08 Å². The topological polar surface area (TPSA) is 92.6 Å². The van der Waals surface area contributed by atoms with Gasteiger partial charge in [-0.15, -0.1) is 6.58 Å². The molecule has 1 fully saturated rings. The number of benzene rings is 1. The van der Waals surface area contributed by atoms with E-state index in [0.717, 1.165) is 11.0 Å². The van der Waals surface area contributed by atoms with Crippen LogP contribution < -0.4 is 5.32 Å². The Labute approximate surface area is 141 Å². The Balaban J connectivity index is 2.53. The molecule has 118 valence electrons. The van der Waals surface area contributed by atoms with E-state index < -0.39 is 16.7 Å². The number of hydrogen-bond acceptors (Lipinski definition) is 5. The van der Waals surface area contributed by atoms with Crippen molar-refractivity contribution in [1.29, 1.82) is 0 Å². The van der Waals surface area contributed by atoms with Crippen molar-refractivity contribution >= 4 is 52.5 Å². The summed E-state index contributed by atoms with van der Waals surface area (Å²) in [5.74, 6) is -1.39. The molecule has 2 rings (SSSR count). The number of amides is 2. The van der Waals surface area contributed by atoms with Crippen LogP contribution in [0.2, 0.25) is 5.02 Å². The monoisotopic (exact) mass is 351 g/mol. The molecule has 0 saturated carbocycles. The molecule has 1 aromatic carbocycles. The van der Waals surface area contributed by atoms with Crippen LogP contribution in [0.4, 0.5) is 5.69 Å². The summed E-state index contributed by atoms with van der Waals surface area (Å²) in [6.07, 6.45) is 2.57. The molecule has 9 heteroatoms. The molecule has 1 N–H and O–H groups in total. The highest BCUT2D eigenvalue weighted by atomic mass is 35.5. The smallest absolute Gasteiger partial charge is 0.276 e. The summed E-state index contributed by atoms with van der Waals surface area (Å²) in [7, 11) is 0. The molecule has 1 aliphatic heterocycles. The highest BCUT2D eigenvalue weighted by Crippen LogP contribution is 2.26. The van der Waals surface area contributed by atoms with Gasteiger partial charge in [-0.25, -0.2) is 0 Å². The van der Waals surface area contributed by atoms with Crippen LogP contribution in [-0.4, -0.2) is 33.3 Å². The van der Waals surface area contributed by atoms with Crippen LogP contribution >= 0.6 is 23.8 Å². The maximum absolute atomic E-state index is 12.4. The Morgan fingerprint density at radius 1 is 1.43 bits per heavy atom. The number of nitro benzene ring substituents is 1. The Kier molecular flexibility index (Phi) is 4.87. The van der Waals surface area contributed by atoms with Gasteiger partial charge in [-0.3, -0.25) is 29.9 Å². The zero-order valence-electron chi connectivity index (χ0n) is 11.6. The molecular weight excluding hydrogens is 342 g/mol. The lowest BCUT2D eigenvalue weighted by Gasteiger charge is -2.27. The molecule has 0 bridgehead atoms. The molecule has 0 aromatic heterocycles. The highest BCUT2D eigenvalue weighted by Gasteiger charge is 2.33. The Hall–Kier alpha value is -2.58. The van der Waals surface area contributed by atoms with Crippen molar-refractivity contribution in [2.75, 3.05) is 6.54 Å². The Morgan fingerprint density at radius 3 is 2.74 bits per heavy atom. The molecule has 2 amide bonds. The van der Waals surface area contributed by atoms with E-state index in [2.05, 4.69) is 11.9 Å². The zero-order chi connectivity index (χ0) is 17.1. The molecule has 1 heterocycles. The molecule has 0 spiro atoms. The first-order valence-corrected chi connectivity index (χ1v) is 7.07. The number of hydrogen-bond donors (Lipinski definition) is 1. The Bertz CT molecular complexity index is 775. The van der Waals surface area contributed by atoms with E-state index in [9.17, 15) is 19.7 Å². The van der Waals surface area contributed by atoms with Crippen molar-refractivity contribution in [2.45, 2.75) is 0 Å². The quantitative estimate of drug-likeness (QED) is 0.224. The summed E-state index contributed by atoms with van der Waals surface area (Å²) in [6.45, 7) is 3.61. The maximum atomic E-state index is 12.4. The predicted octanol–water partition coefficient (Wildman–Crippen LogP) is 2.06. The van der Waals surface area contributed by atoms with Crippen LogP contribution in [0.3, 0.4) is 0 Å². The van der Waals surface area contributed by atoms with Gasteiger partial charge in [-0.2, -0.15) is 0 Å². The number of thiocarbonyl (C=S) groups is 1. The van der Waals surface area contributed by atoms with Crippen molar-refractivity contribution in [3.8, 4) is 0 Å². The average Bonchev–Trinajstić information content (AvgIpc) is 2.47. The van der Waals surface area contributed by atoms with Gasteiger partial charge in [0.2, 0.25) is 0 Å². The standard InChI is InChI=1S/C14H10ClN3O4S/c1-2-5-17-13(20)10(12(19)16-14(17)23)7-8-6-9(15)3-4-11(8)18(21)22/h2-4,6-7H,1,5H2,(H,16,19,23). The SMILES string of the molecule is C=CCN1C(=O)C(=Cc2cc(Cl)ccc2[N+](=O)[O-])C(=O)NC1=S. The summed E-state index contributed by atoms with van der Waals surface area (Å²) < 4.78 is 0. The first-order valence-electron chi connectivity index (χ1n) is 6.29. The molecule has 0 radical (unpaired) electrons. The second kappa shape index (κ2) is 6.67. The minimum atomic E-state index is -0.727. The molecule has 1 saturated heterocycles. The normalized spacial score (nSPS) is 16.5. The number of halogens is 1. The fourth-order valence-electron chi connectivity index (χ4n) is 1.95. The van der Waals surface area contributed by atoms with Gasteiger partial charge < -0.3 is 0 Å². The van der Waals surface area contributed by atoms with Crippen molar-refractivity contribution in [1.82, 2.24) is 10.2 Å². The summed E-state index contributed by atoms with van der Waals surface area (Å²) in [5, 5.41) is 13.6. The number of nitrogens with zero attached hydrogens (tertiary/aromatic N) is 2. The van der Waals surface area contributed by atoms with Crippen molar-refractivity contribution in [3.05, 3.63) is 57.1 Å². The van der Waals surface area contributed by atoms with Crippen molar-refractivity contribution < 1.29 is 14.5 Å². The lowest BCUT2D eigenvalue weighted by atomic mass is 10.1. The van der Waals surface area contributed by atoms with E-state index >= 15 is 0 Å². The average molecular weight is 352 g/mol.